The van der Waals surface area contributed by atoms with Crippen LogP contribution < -0.4 is 5.32 Å². The van der Waals surface area contributed by atoms with Crippen LogP contribution in [0, 0.1) is 5.92 Å². The van der Waals surface area contributed by atoms with E-state index in [1.54, 1.807) is 7.11 Å². The van der Waals surface area contributed by atoms with Gasteiger partial charge in [0.2, 0.25) is 0 Å². The largest absolute Gasteiger partial charge is 0.480 e. The molecule has 1 aliphatic heterocycles. The fourth-order valence-corrected chi connectivity index (χ4v) is 1.81. The summed E-state index contributed by atoms with van der Waals surface area (Å²) in [6.45, 7) is 1.11. The Balaban J connectivity index is 2.41. The van der Waals surface area contributed by atoms with Crippen LogP contribution in [0.3, 0.4) is 0 Å². The van der Waals surface area contributed by atoms with E-state index in [-0.39, 0.29) is 0 Å². The molecule has 7 heteroatoms. The van der Waals surface area contributed by atoms with Crippen molar-refractivity contribution in [2.45, 2.75) is 12.5 Å². The first-order valence-electron chi connectivity index (χ1n) is 5.46. The summed E-state index contributed by atoms with van der Waals surface area (Å²) in [6.07, 6.45) is 0.845. The normalized spacial score (nSPS) is 21.3. The highest BCUT2D eigenvalue weighted by Crippen LogP contribution is 2.16. The van der Waals surface area contributed by atoms with E-state index in [4.69, 9.17) is 14.9 Å². The molecule has 0 aromatic heterocycles. The highest BCUT2D eigenvalue weighted by molar-refractivity contribution is 5.82. The van der Waals surface area contributed by atoms with Crippen molar-refractivity contribution in [3.05, 3.63) is 0 Å². The van der Waals surface area contributed by atoms with Gasteiger partial charge in [0, 0.05) is 26.1 Å². The molecule has 3 N–H and O–H groups in total. The van der Waals surface area contributed by atoms with Gasteiger partial charge in [0.25, 0.3) is 0 Å². The molecule has 0 spiro atoms. The Kier molecular flexibility index (Phi) is 5.17. The van der Waals surface area contributed by atoms with Gasteiger partial charge in [0.1, 0.15) is 0 Å². The van der Waals surface area contributed by atoms with Crippen LogP contribution in [0.2, 0.25) is 0 Å². The van der Waals surface area contributed by atoms with Gasteiger partial charge in [-0.15, -0.1) is 0 Å². The van der Waals surface area contributed by atoms with Crippen LogP contribution in [0.15, 0.2) is 0 Å². The zero-order chi connectivity index (χ0) is 12.8. The summed E-state index contributed by atoms with van der Waals surface area (Å²) in [7, 11) is 1.61. The van der Waals surface area contributed by atoms with Crippen molar-refractivity contribution in [1.29, 1.82) is 0 Å². The van der Waals surface area contributed by atoms with Gasteiger partial charge in [-0.3, -0.25) is 0 Å². The summed E-state index contributed by atoms with van der Waals surface area (Å²) >= 11 is 0. The monoisotopic (exact) mass is 246 g/mol. The van der Waals surface area contributed by atoms with E-state index in [9.17, 15) is 9.59 Å². The Morgan fingerprint density at radius 2 is 2.29 bits per heavy atom. The highest BCUT2D eigenvalue weighted by Gasteiger charge is 2.28. The van der Waals surface area contributed by atoms with Gasteiger partial charge in [-0.05, 0) is 6.42 Å². The number of aliphatic hydroxyl groups excluding tert-OH is 1. The van der Waals surface area contributed by atoms with E-state index in [0.29, 0.717) is 25.6 Å². The zero-order valence-corrected chi connectivity index (χ0v) is 9.76. The van der Waals surface area contributed by atoms with E-state index in [0.717, 1.165) is 6.42 Å². The number of rotatable bonds is 5. The Morgan fingerprint density at radius 1 is 1.59 bits per heavy atom. The third kappa shape index (κ3) is 3.86. The van der Waals surface area contributed by atoms with Gasteiger partial charge in [-0.1, -0.05) is 0 Å². The molecule has 0 aliphatic carbocycles. The molecule has 0 radical (unpaired) electrons. The second-order valence-corrected chi connectivity index (χ2v) is 4.08. The first-order chi connectivity index (χ1) is 8.08. The number of methoxy groups -OCH3 is 1. The number of hydrogen-bond acceptors (Lipinski definition) is 4. The predicted molar refractivity (Wildman–Crippen MR) is 58.6 cm³/mol. The number of aliphatic hydroxyl groups is 1. The minimum Gasteiger partial charge on any atom is -0.480 e. The van der Waals surface area contributed by atoms with Crippen LogP contribution >= 0.6 is 0 Å². The molecule has 1 heterocycles. The van der Waals surface area contributed by atoms with Crippen molar-refractivity contribution in [2.75, 3.05) is 33.4 Å². The number of carboxylic acid groups (broad SMARTS) is 1. The lowest BCUT2D eigenvalue weighted by Gasteiger charge is -2.19. The molecule has 2 atom stereocenters. The van der Waals surface area contributed by atoms with Crippen LogP contribution in [0.5, 0.6) is 0 Å². The summed E-state index contributed by atoms with van der Waals surface area (Å²) < 4.78 is 5.00. The zero-order valence-electron chi connectivity index (χ0n) is 9.76. The molecule has 1 rings (SSSR count). The van der Waals surface area contributed by atoms with Gasteiger partial charge < -0.3 is 25.2 Å². The number of carbonyl (C=O) groups is 2. The van der Waals surface area contributed by atoms with Crippen molar-refractivity contribution in [1.82, 2.24) is 10.2 Å². The van der Waals surface area contributed by atoms with Gasteiger partial charge in [-0.2, -0.15) is 0 Å². The lowest BCUT2D eigenvalue weighted by molar-refractivity contribution is -0.140. The number of hydrogen-bond donors (Lipinski definition) is 3. The van der Waals surface area contributed by atoms with Crippen molar-refractivity contribution in [3.8, 4) is 0 Å². The molecule has 1 aliphatic rings. The Bertz CT molecular complexity index is 284. The highest BCUT2D eigenvalue weighted by atomic mass is 16.5. The first-order valence-corrected chi connectivity index (χ1v) is 5.46. The van der Waals surface area contributed by atoms with E-state index < -0.39 is 24.6 Å². The molecule has 2 unspecified atom stereocenters. The number of aliphatic carboxylic acids is 1. The van der Waals surface area contributed by atoms with Crippen LogP contribution in [0.4, 0.5) is 4.79 Å². The molecular weight excluding hydrogens is 228 g/mol. The molecule has 0 aromatic carbocycles. The topological polar surface area (TPSA) is 99.1 Å². The van der Waals surface area contributed by atoms with Crippen molar-refractivity contribution in [3.63, 3.8) is 0 Å². The van der Waals surface area contributed by atoms with Crippen LogP contribution in [0.1, 0.15) is 6.42 Å². The fraction of sp³-hybridized carbons (Fsp3) is 0.800. The van der Waals surface area contributed by atoms with Gasteiger partial charge in [0.05, 0.1) is 13.2 Å². The first kappa shape index (κ1) is 13.7. The molecule has 98 valence electrons. The van der Waals surface area contributed by atoms with Gasteiger partial charge >= 0.3 is 12.0 Å². The number of amides is 2. The Hall–Kier alpha value is -1.34. The standard InChI is InChI=1S/C10H18N2O5/c1-17-6-7-2-3-12(4-7)10(16)11-8(5-13)9(14)15/h7-8,13H,2-6H2,1H3,(H,11,16)(H,14,15). The second-order valence-electron chi connectivity index (χ2n) is 4.08. The second kappa shape index (κ2) is 6.41. The van der Waals surface area contributed by atoms with Crippen LogP contribution in [0.25, 0.3) is 0 Å². The lowest BCUT2D eigenvalue weighted by Crippen LogP contribution is -2.49. The number of urea groups is 1. The van der Waals surface area contributed by atoms with Crippen LogP contribution in [-0.2, 0) is 9.53 Å². The van der Waals surface area contributed by atoms with E-state index in [1.807, 2.05) is 0 Å². The third-order valence-corrected chi connectivity index (χ3v) is 2.75. The third-order valence-electron chi connectivity index (χ3n) is 2.75. The Labute approximate surface area is 99.4 Å². The smallest absolute Gasteiger partial charge is 0.328 e. The minimum atomic E-state index is -1.25. The molecular formula is C10H18N2O5. The van der Waals surface area contributed by atoms with E-state index >= 15 is 0 Å². The summed E-state index contributed by atoms with van der Waals surface area (Å²) in [6, 6.07) is -1.70. The maximum absolute atomic E-state index is 11.7. The molecule has 2 amide bonds. The van der Waals surface area contributed by atoms with Crippen molar-refractivity contribution >= 4 is 12.0 Å². The molecule has 0 saturated carbocycles. The van der Waals surface area contributed by atoms with Gasteiger partial charge in [0.15, 0.2) is 6.04 Å². The number of ether oxygens (including phenoxy) is 1. The SMILES string of the molecule is COCC1CCN(C(=O)NC(CO)C(=O)O)C1. The van der Waals surface area contributed by atoms with Gasteiger partial charge in [-0.25, -0.2) is 9.59 Å². The quantitative estimate of drug-likeness (QED) is 0.584. The molecule has 1 saturated heterocycles. The van der Waals surface area contributed by atoms with Crippen molar-refractivity contribution in [2.24, 2.45) is 5.92 Å². The minimum absolute atomic E-state index is 0.295. The van der Waals surface area contributed by atoms with Crippen molar-refractivity contribution < 1.29 is 24.5 Å². The maximum Gasteiger partial charge on any atom is 0.328 e. The fourth-order valence-electron chi connectivity index (χ4n) is 1.81. The molecule has 17 heavy (non-hydrogen) atoms. The summed E-state index contributed by atoms with van der Waals surface area (Å²) in [5.74, 6) is -0.948. The average Bonchev–Trinajstić information content (AvgIpc) is 2.74. The number of nitrogens with zero attached hydrogens (tertiary/aromatic N) is 1. The van der Waals surface area contributed by atoms with E-state index in [2.05, 4.69) is 5.32 Å². The molecule has 1 fully saturated rings. The molecule has 0 bridgehead atoms. The average molecular weight is 246 g/mol. The Morgan fingerprint density at radius 3 is 2.82 bits per heavy atom. The summed E-state index contributed by atoms with van der Waals surface area (Å²) in [5, 5.41) is 19.7. The number of nitrogens with one attached hydrogen (secondary N) is 1. The maximum atomic E-state index is 11.7. The predicted octanol–water partition coefficient (Wildman–Crippen LogP) is -0.890. The van der Waals surface area contributed by atoms with Crippen LogP contribution in [-0.4, -0.2) is 66.6 Å². The molecule has 7 nitrogen and oxygen atoms in total. The lowest BCUT2D eigenvalue weighted by atomic mass is 10.1. The number of carbonyl (C=O) groups excluding carboxylic acids is 1. The number of likely N-dealkylation sites (tertiary alicyclic amines) is 1. The number of carboxylic acids is 1. The van der Waals surface area contributed by atoms with E-state index in [1.165, 1.54) is 4.90 Å². The summed E-state index contributed by atoms with van der Waals surface area (Å²) in [4.78, 5) is 23.8. The molecule has 0 aromatic rings. The summed E-state index contributed by atoms with van der Waals surface area (Å²) in [5.41, 5.74) is 0.